The Bertz CT molecular complexity index is 513. The summed E-state index contributed by atoms with van der Waals surface area (Å²) in [6.45, 7) is 2.83. The Kier molecular flexibility index (Phi) is 6.66. The molecule has 0 aliphatic heterocycles. The average Bonchev–Trinajstić information content (AvgIpc) is 2.52. The number of aromatic nitrogens is 1. The smallest absolute Gasteiger partial charge is 0.269 e. The summed E-state index contributed by atoms with van der Waals surface area (Å²) in [7, 11) is 0. The molecule has 21 heavy (non-hydrogen) atoms. The fraction of sp³-hybridized carbons (Fsp3) is 0.385. The number of carbonyl (C=O) groups excluding carboxylic acids is 2. The normalized spacial score (nSPS) is 11.0. The zero-order valence-electron chi connectivity index (χ0n) is 11.8. The lowest BCUT2D eigenvalue weighted by atomic mass is 10.2. The van der Waals surface area contributed by atoms with Crippen LogP contribution in [0, 0.1) is 0 Å². The van der Waals surface area contributed by atoms with Crippen LogP contribution in [0.15, 0.2) is 23.5 Å². The van der Waals surface area contributed by atoms with Gasteiger partial charge in [0.15, 0.2) is 5.84 Å². The lowest BCUT2D eigenvalue weighted by Gasteiger charge is -2.06. The van der Waals surface area contributed by atoms with E-state index in [1.54, 1.807) is 0 Å². The summed E-state index contributed by atoms with van der Waals surface area (Å²) in [6, 6.07) is 2.98. The average molecular weight is 293 g/mol. The van der Waals surface area contributed by atoms with Crippen LogP contribution in [-0.2, 0) is 4.79 Å². The summed E-state index contributed by atoms with van der Waals surface area (Å²) in [4.78, 5) is 27.0. The Balaban J connectivity index is 2.44. The van der Waals surface area contributed by atoms with E-state index in [0.717, 1.165) is 6.42 Å². The van der Waals surface area contributed by atoms with Crippen molar-refractivity contribution in [3.05, 3.63) is 29.6 Å². The van der Waals surface area contributed by atoms with Crippen molar-refractivity contribution in [2.24, 2.45) is 10.9 Å². The first kappa shape index (κ1) is 16.4. The lowest BCUT2D eigenvalue weighted by Crippen LogP contribution is -2.31. The van der Waals surface area contributed by atoms with Gasteiger partial charge in [0.25, 0.3) is 5.91 Å². The number of hydrogen-bond acceptors (Lipinski definition) is 5. The van der Waals surface area contributed by atoms with Gasteiger partial charge in [-0.3, -0.25) is 14.6 Å². The first-order valence-electron chi connectivity index (χ1n) is 6.57. The third-order valence-electron chi connectivity index (χ3n) is 2.61. The first-order valence-corrected chi connectivity index (χ1v) is 6.57. The van der Waals surface area contributed by atoms with Gasteiger partial charge in [0.1, 0.15) is 5.69 Å². The van der Waals surface area contributed by atoms with Gasteiger partial charge in [0.05, 0.1) is 0 Å². The number of nitrogens with zero attached hydrogens (tertiary/aromatic N) is 2. The van der Waals surface area contributed by atoms with Crippen molar-refractivity contribution in [1.82, 2.24) is 15.6 Å². The highest BCUT2D eigenvalue weighted by Gasteiger charge is 2.08. The van der Waals surface area contributed by atoms with Gasteiger partial charge in [0, 0.05) is 31.3 Å². The van der Waals surface area contributed by atoms with Gasteiger partial charge in [-0.15, -0.1) is 0 Å². The second kappa shape index (κ2) is 8.51. The van der Waals surface area contributed by atoms with E-state index in [4.69, 9.17) is 10.9 Å². The van der Waals surface area contributed by atoms with Crippen LogP contribution in [0.1, 0.15) is 35.8 Å². The molecule has 1 aromatic rings. The first-order chi connectivity index (χ1) is 10.1. The van der Waals surface area contributed by atoms with E-state index >= 15 is 0 Å². The number of oxime groups is 1. The summed E-state index contributed by atoms with van der Waals surface area (Å²) < 4.78 is 0. The zero-order chi connectivity index (χ0) is 15.7. The molecule has 0 atom stereocenters. The van der Waals surface area contributed by atoms with Gasteiger partial charge in [0.2, 0.25) is 5.91 Å². The van der Waals surface area contributed by atoms with E-state index in [9.17, 15) is 9.59 Å². The molecule has 1 aromatic heterocycles. The van der Waals surface area contributed by atoms with E-state index < -0.39 is 0 Å². The fourth-order valence-corrected chi connectivity index (χ4v) is 1.47. The molecule has 1 heterocycles. The molecule has 2 amide bonds. The second-order valence-corrected chi connectivity index (χ2v) is 4.27. The highest BCUT2D eigenvalue weighted by molar-refractivity contribution is 5.98. The maximum atomic E-state index is 11.8. The summed E-state index contributed by atoms with van der Waals surface area (Å²) in [6.07, 6.45) is 2.42. The van der Waals surface area contributed by atoms with Crippen molar-refractivity contribution in [3.8, 4) is 0 Å². The molecule has 0 saturated carbocycles. The van der Waals surface area contributed by atoms with E-state index in [-0.39, 0.29) is 36.3 Å². The summed E-state index contributed by atoms with van der Waals surface area (Å²) in [5.74, 6) is -0.571. The number of amidine groups is 1. The van der Waals surface area contributed by atoms with Crippen LogP contribution >= 0.6 is 0 Å². The van der Waals surface area contributed by atoms with Crippen molar-refractivity contribution >= 4 is 17.6 Å². The largest absolute Gasteiger partial charge is 0.409 e. The Morgan fingerprint density at radius 3 is 2.67 bits per heavy atom. The molecule has 8 heteroatoms. The Morgan fingerprint density at radius 2 is 2.10 bits per heavy atom. The standard InChI is InChI=1S/C13H19N5O3/c1-2-6-15-11(19)5-7-16-13(20)10-4-3-9(8-17-10)12(14)18-21/h3-4,8,21H,2,5-7H2,1H3,(H2,14,18)(H,15,19)(H,16,20). The summed E-state index contributed by atoms with van der Waals surface area (Å²) >= 11 is 0. The Hall–Kier alpha value is -2.64. The quantitative estimate of drug-likeness (QED) is 0.240. The van der Waals surface area contributed by atoms with E-state index in [1.807, 2.05) is 6.92 Å². The Morgan fingerprint density at radius 1 is 1.33 bits per heavy atom. The van der Waals surface area contributed by atoms with E-state index in [2.05, 4.69) is 20.8 Å². The van der Waals surface area contributed by atoms with Gasteiger partial charge in [-0.1, -0.05) is 12.1 Å². The number of rotatable bonds is 7. The topological polar surface area (TPSA) is 130 Å². The summed E-state index contributed by atoms with van der Waals surface area (Å²) in [5, 5.41) is 16.7. The molecule has 0 aliphatic carbocycles. The van der Waals surface area contributed by atoms with Gasteiger partial charge < -0.3 is 21.6 Å². The molecule has 8 nitrogen and oxygen atoms in total. The molecule has 0 fully saturated rings. The molecular weight excluding hydrogens is 274 g/mol. The molecule has 1 rings (SSSR count). The van der Waals surface area contributed by atoms with E-state index in [1.165, 1.54) is 18.3 Å². The van der Waals surface area contributed by atoms with Crippen molar-refractivity contribution in [1.29, 1.82) is 0 Å². The number of amides is 2. The van der Waals surface area contributed by atoms with E-state index in [0.29, 0.717) is 12.1 Å². The number of carbonyl (C=O) groups is 2. The molecule has 5 N–H and O–H groups in total. The van der Waals surface area contributed by atoms with Crippen molar-refractivity contribution in [2.45, 2.75) is 19.8 Å². The highest BCUT2D eigenvalue weighted by Crippen LogP contribution is 2.00. The molecule has 0 aromatic carbocycles. The van der Waals surface area contributed by atoms with Crippen LogP contribution in [0.4, 0.5) is 0 Å². The minimum atomic E-state index is -0.385. The van der Waals surface area contributed by atoms with Crippen LogP contribution < -0.4 is 16.4 Å². The van der Waals surface area contributed by atoms with Gasteiger partial charge in [-0.2, -0.15) is 0 Å². The summed E-state index contributed by atoms with van der Waals surface area (Å²) in [5.41, 5.74) is 5.99. The van der Waals surface area contributed by atoms with Crippen molar-refractivity contribution in [3.63, 3.8) is 0 Å². The van der Waals surface area contributed by atoms with Crippen LogP contribution in [0.2, 0.25) is 0 Å². The SMILES string of the molecule is CCCNC(=O)CCNC(=O)c1ccc(C(N)=NO)cn1. The molecule has 0 aliphatic rings. The minimum Gasteiger partial charge on any atom is -0.409 e. The molecule has 0 radical (unpaired) electrons. The molecule has 114 valence electrons. The van der Waals surface area contributed by atoms with Gasteiger partial charge in [-0.25, -0.2) is 0 Å². The number of pyridine rings is 1. The monoisotopic (exact) mass is 293 g/mol. The molecule has 0 unspecified atom stereocenters. The maximum Gasteiger partial charge on any atom is 0.269 e. The molecule has 0 saturated heterocycles. The number of hydrogen-bond donors (Lipinski definition) is 4. The zero-order valence-corrected chi connectivity index (χ0v) is 11.8. The third-order valence-corrected chi connectivity index (χ3v) is 2.61. The van der Waals surface area contributed by atoms with Gasteiger partial charge in [-0.05, 0) is 18.6 Å². The minimum absolute atomic E-state index is 0.0814. The predicted octanol–water partition coefficient (Wildman–Crippen LogP) is -0.178. The molecule has 0 spiro atoms. The van der Waals surface area contributed by atoms with Crippen LogP contribution in [-0.4, -0.2) is 40.9 Å². The van der Waals surface area contributed by atoms with Crippen LogP contribution in [0.3, 0.4) is 0 Å². The van der Waals surface area contributed by atoms with Crippen molar-refractivity contribution < 1.29 is 14.8 Å². The van der Waals surface area contributed by atoms with Gasteiger partial charge >= 0.3 is 0 Å². The fourth-order valence-electron chi connectivity index (χ4n) is 1.47. The maximum absolute atomic E-state index is 11.8. The van der Waals surface area contributed by atoms with Crippen LogP contribution in [0.25, 0.3) is 0 Å². The Labute approximate surface area is 122 Å². The predicted molar refractivity (Wildman–Crippen MR) is 77.0 cm³/mol. The lowest BCUT2D eigenvalue weighted by molar-refractivity contribution is -0.120. The second-order valence-electron chi connectivity index (χ2n) is 4.27. The van der Waals surface area contributed by atoms with Crippen LogP contribution in [0.5, 0.6) is 0 Å². The molecule has 0 bridgehead atoms. The van der Waals surface area contributed by atoms with Crippen molar-refractivity contribution in [2.75, 3.05) is 13.1 Å². The highest BCUT2D eigenvalue weighted by atomic mass is 16.4. The number of nitrogens with two attached hydrogens (primary N) is 1. The third kappa shape index (κ3) is 5.47. The number of nitrogens with one attached hydrogen (secondary N) is 2. The molecular formula is C13H19N5O3.